The Morgan fingerprint density at radius 1 is 1.26 bits per heavy atom. The Morgan fingerprint density at radius 3 is 2.47 bits per heavy atom. The third-order valence-electron chi connectivity index (χ3n) is 2.58. The van der Waals surface area contributed by atoms with Crippen molar-refractivity contribution in [2.24, 2.45) is 0 Å². The fourth-order valence-corrected chi connectivity index (χ4v) is 1.47. The summed E-state index contributed by atoms with van der Waals surface area (Å²) in [5.41, 5.74) is 0.849. The number of rotatable bonds is 7. The second kappa shape index (κ2) is 7.48. The molecule has 0 bridgehead atoms. The van der Waals surface area contributed by atoms with Crippen LogP contribution in [0.25, 0.3) is 0 Å². The van der Waals surface area contributed by atoms with Crippen molar-refractivity contribution < 1.29 is 24.2 Å². The number of carbonyl (C=O) groups excluding carboxylic acids is 1. The average Bonchev–Trinajstić information content (AvgIpc) is 2.37. The van der Waals surface area contributed by atoms with Crippen molar-refractivity contribution in [3.63, 3.8) is 0 Å². The summed E-state index contributed by atoms with van der Waals surface area (Å²) in [6, 6.07) is 5.88. The molecule has 0 spiro atoms. The van der Waals surface area contributed by atoms with Gasteiger partial charge in [0.2, 0.25) is 5.91 Å². The number of nitrogens with one attached hydrogen (secondary N) is 1. The standard InChI is InChI=1S/C13H16FNO4/c14-10-4-1-9(2-5-10)3-6-12(17)15-8-7-11(16)13(18)19/h1-2,4-5,11,16H,3,6-8H2,(H,15,17)(H,18,19). The minimum atomic E-state index is -1.46. The van der Waals surface area contributed by atoms with Gasteiger partial charge in [-0.3, -0.25) is 4.79 Å². The smallest absolute Gasteiger partial charge is 0.332 e. The summed E-state index contributed by atoms with van der Waals surface area (Å²) in [6.07, 6.45) is -0.780. The number of hydrogen-bond acceptors (Lipinski definition) is 3. The first-order valence-electron chi connectivity index (χ1n) is 5.91. The van der Waals surface area contributed by atoms with Crippen molar-refractivity contribution in [2.45, 2.75) is 25.4 Å². The highest BCUT2D eigenvalue weighted by molar-refractivity contribution is 5.76. The summed E-state index contributed by atoms with van der Waals surface area (Å²) in [5.74, 6) is -1.86. The summed E-state index contributed by atoms with van der Waals surface area (Å²) < 4.78 is 12.6. The van der Waals surface area contributed by atoms with E-state index in [0.717, 1.165) is 5.56 Å². The van der Waals surface area contributed by atoms with E-state index in [2.05, 4.69) is 5.32 Å². The van der Waals surface area contributed by atoms with E-state index in [9.17, 15) is 14.0 Å². The van der Waals surface area contributed by atoms with Gasteiger partial charge < -0.3 is 15.5 Å². The van der Waals surface area contributed by atoms with Crippen molar-refractivity contribution in [3.05, 3.63) is 35.6 Å². The fourth-order valence-electron chi connectivity index (χ4n) is 1.47. The number of benzene rings is 1. The van der Waals surface area contributed by atoms with E-state index in [1.165, 1.54) is 12.1 Å². The molecule has 3 N–H and O–H groups in total. The lowest BCUT2D eigenvalue weighted by atomic mass is 10.1. The lowest BCUT2D eigenvalue weighted by Crippen LogP contribution is -2.30. The first kappa shape index (κ1) is 15.1. The minimum Gasteiger partial charge on any atom is -0.479 e. The highest BCUT2D eigenvalue weighted by Gasteiger charge is 2.12. The van der Waals surface area contributed by atoms with Gasteiger partial charge in [-0.1, -0.05) is 12.1 Å². The van der Waals surface area contributed by atoms with Crippen molar-refractivity contribution in [2.75, 3.05) is 6.54 Å². The maximum absolute atomic E-state index is 12.6. The summed E-state index contributed by atoms with van der Waals surface area (Å²) in [4.78, 5) is 21.7. The number of hydrogen-bond donors (Lipinski definition) is 3. The number of amides is 1. The molecule has 1 unspecified atom stereocenters. The van der Waals surface area contributed by atoms with Crippen LogP contribution >= 0.6 is 0 Å². The lowest BCUT2D eigenvalue weighted by molar-refractivity contribution is -0.147. The Labute approximate surface area is 110 Å². The predicted octanol–water partition coefficient (Wildman–Crippen LogP) is 0.710. The largest absolute Gasteiger partial charge is 0.479 e. The molecule has 0 heterocycles. The van der Waals surface area contributed by atoms with Gasteiger partial charge in [-0.05, 0) is 24.1 Å². The number of aliphatic hydroxyl groups is 1. The van der Waals surface area contributed by atoms with Gasteiger partial charge >= 0.3 is 5.97 Å². The van der Waals surface area contributed by atoms with Crippen molar-refractivity contribution in [1.82, 2.24) is 5.32 Å². The molecule has 1 atom stereocenters. The van der Waals surface area contributed by atoms with E-state index < -0.39 is 12.1 Å². The second-order valence-corrected chi connectivity index (χ2v) is 4.12. The van der Waals surface area contributed by atoms with Crippen molar-refractivity contribution in [1.29, 1.82) is 0 Å². The summed E-state index contributed by atoms with van der Waals surface area (Å²) in [6.45, 7) is 0.107. The number of aryl methyl sites for hydroxylation is 1. The zero-order valence-corrected chi connectivity index (χ0v) is 10.3. The fraction of sp³-hybridized carbons (Fsp3) is 0.385. The lowest BCUT2D eigenvalue weighted by Gasteiger charge is -2.07. The molecule has 0 aromatic heterocycles. The number of carboxylic acid groups (broad SMARTS) is 1. The average molecular weight is 269 g/mol. The van der Waals surface area contributed by atoms with Crippen molar-refractivity contribution in [3.8, 4) is 0 Å². The third-order valence-corrected chi connectivity index (χ3v) is 2.58. The number of halogens is 1. The van der Waals surface area contributed by atoms with Gasteiger partial charge in [-0.2, -0.15) is 0 Å². The number of carbonyl (C=O) groups is 2. The van der Waals surface area contributed by atoms with Crippen LogP contribution in [0.1, 0.15) is 18.4 Å². The number of carboxylic acids is 1. The van der Waals surface area contributed by atoms with Crippen LogP contribution in [0.2, 0.25) is 0 Å². The van der Waals surface area contributed by atoms with E-state index in [1.54, 1.807) is 12.1 Å². The Hall–Kier alpha value is -1.95. The van der Waals surface area contributed by atoms with Gasteiger partial charge in [0, 0.05) is 19.4 Å². The SMILES string of the molecule is O=C(CCc1ccc(F)cc1)NCCC(O)C(=O)O. The van der Waals surface area contributed by atoms with Crippen LogP contribution in [0.4, 0.5) is 4.39 Å². The van der Waals surface area contributed by atoms with Gasteiger partial charge in [-0.25, -0.2) is 9.18 Å². The molecular formula is C13H16FNO4. The summed E-state index contributed by atoms with van der Waals surface area (Å²) >= 11 is 0. The molecule has 0 aliphatic carbocycles. The predicted molar refractivity (Wildman–Crippen MR) is 66.0 cm³/mol. The van der Waals surface area contributed by atoms with Crippen LogP contribution in [0, 0.1) is 5.82 Å². The molecule has 0 saturated heterocycles. The molecule has 0 aliphatic heterocycles. The van der Waals surface area contributed by atoms with Crippen LogP contribution in [0.3, 0.4) is 0 Å². The Balaban J connectivity index is 2.21. The van der Waals surface area contributed by atoms with Gasteiger partial charge in [0.25, 0.3) is 0 Å². The zero-order valence-electron chi connectivity index (χ0n) is 10.3. The normalized spacial score (nSPS) is 11.9. The van der Waals surface area contributed by atoms with Gasteiger partial charge in [0.15, 0.2) is 6.10 Å². The zero-order chi connectivity index (χ0) is 14.3. The third kappa shape index (κ3) is 5.96. The van der Waals surface area contributed by atoms with Crippen LogP contribution in [0.15, 0.2) is 24.3 Å². The molecule has 1 aromatic rings. The van der Waals surface area contributed by atoms with Crippen LogP contribution in [-0.4, -0.2) is 34.7 Å². The molecule has 1 amide bonds. The quantitative estimate of drug-likeness (QED) is 0.680. The highest BCUT2D eigenvalue weighted by Crippen LogP contribution is 2.05. The first-order chi connectivity index (χ1) is 8.99. The molecular weight excluding hydrogens is 253 g/mol. The molecule has 104 valence electrons. The maximum Gasteiger partial charge on any atom is 0.332 e. The molecule has 5 nitrogen and oxygen atoms in total. The molecule has 0 radical (unpaired) electrons. The minimum absolute atomic E-state index is 0.0301. The van der Waals surface area contributed by atoms with Gasteiger partial charge in [0.05, 0.1) is 0 Å². The highest BCUT2D eigenvalue weighted by atomic mass is 19.1. The van der Waals surface area contributed by atoms with Crippen LogP contribution in [-0.2, 0) is 16.0 Å². The Morgan fingerprint density at radius 2 is 1.89 bits per heavy atom. The maximum atomic E-state index is 12.6. The Bertz CT molecular complexity index is 433. The monoisotopic (exact) mass is 269 g/mol. The molecule has 6 heteroatoms. The first-order valence-corrected chi connectivity index (χ1v) is 5.91. The number of aliphatic carboxylic acids is 1. The summed E-state index contributed by atoms with van der Waals surface area (Å²) in [7, 11) is 0. The summed E-state index contributed by atoms with van der Waals surface area (Å²) in [5, 5.41) is 19.9. The van der Waals surface area contributed by atoms with Crippen molar-refractivity contribution >= 4 is 11.9 Å². The second-order valence-electron chi connectivity index (χ2n) is 4.12. The van der Waals surface area contributed by atoms with Gasteiger partial charge in [-0.15, -0.1) is 0 Å². The van der Waals surface area contributed by atoms with Crippen LogP contribution < -0.4 is 5.32 Å². The van der Waals surface area contributed by atoms with Gasteiger partial charge in [0.1, 0.15) is 5.82 Å². The molecule has 0 saturated carbocycles. The molecule has 0 aliphatic rings. The van der Waals surface area contributed by atoms with E-state index in [0.29, 0.717) is 6.42 Å². The molecule has 1 aromatic carbocycles. The van der Waals surface area contributed by atoms with Crippen LogP contribution in [0.5, 0.6) is 0 Å². The molecule has 1 rings (SSSR count). The van der Waals surface area contributed by atoms with E-state index in [4.69, 9.17) is 10.2 Å². The topological polar surface area (TPSA) is 86.6 Å². The van der Waals surface area contributed by atoms with E-state index in [1.807, 2.05) is 0 Å². The van der Waals surface area contributed by atoms with E-state index >= 15 is 0 Å². The van der Waals surface area contributed by atoms with E-state index in [-0.39, 0.29) is 31.1 Å². The Kier molecular flexibility index (Phi) is 5.95. The molecule has 19 heavy (non-hydrogen) atoms. The number of aliphatic hydroxyl groups excluding tert-OH is 1. The molecule has 0 fully saturated rings.